The summed E-state index contributed by atoms with van der Waals surface area (Å²) in [6, 6.07) is 11.4. The number of nitro groups is 1. The third kappa shape index (κ3) is 4.45. The summed E-state index contributed by atoms with van der Waals surface area (Å²) in [5.74, 6) is -0.486. The summed E-state index contributed by atoms with van der Waals surface area (Å²) in [6.45, 7) is 0. The van der Waals surface area contributed by atoms with E-state index >= 15 is 0 Å². The number of aromatic nitrogens is 2. The molecule has 1 N–H and O–H groups in total. The molecule has 1 aromatic heterocycles. The van der Waals surface area contributed by atoms with Crippen LogP contribution in [0.4, 0.5) is 10.8 Å². The predicted molar refractivity (Wildman–Crippen MR) is 107 cm³/mol. The standard InChI is InChI=1S/C17H15N5O5S2/c1-21(2)29(26,27)14-8-6-11(7-9-14)15(23)18-17-20-19-16(28-17)12-4-3-5-13(10-12)22(24)25/h3-10H,1-2H3,(H,18,20,23). The van der Waals surface area contributed by atoms with Gasteiger partial charge in [0.25, 0.3) is 11.6 Å². The van der Waals surface area contributed by atoms with E-state index in [9.17, 15) is 23.3 Å². The molecule has 1 amide bonds. The lowest BCUT2D eigenvalue weighted by atomic mass is 10.2. The van der Waals surface area contributed by atoms with Gasteiger partial charge in [0.1, 0.15) is 5.01 Å². The van der Waals surface area contributed by atoms with Crippen molar-refractivity contribution in [2.24, 2.45) is 0 Å². The summed E-state index contributed by atoms with van der Waals surface area (Å²) in [7, 11) is -0.740. The number of nitro benzene ring substituents is 1. The number of rotatable bonds is 6. The monoisotopic (exact) mass is 433 g/mol. The highest BCUT2D eigenvalue weighted by Crippen LogP contribution is 2.29. The fourth-order valence-electron chi connectivity index (χ4n) is 2.30. The summed E-state index contributed by atoms with van der Waals surface area (Å²) < 4.78 is 25.2. The molecule has 1 heterocycles. The summed E-state index contributed by atoms with van der Waals surface area (Å²) in [5.41, 5.74) is 0.682. The van der Waals surface area contributed by atoms with Crippen LogP contribution in [0.5, 0.6) is 0 Å². The molecule has 0 fully saturated rings. The molecule has 2 aromatic carbocycles. The number of amides is 1. The van der Waals surface area contributed by atoms with Gasteiger partial charge >= 0.3 is 0 Å². The Kier molecular flexibility index (Phi) is 5.68. The van der Waals surface area contributed by atoms with Gasteiger partial charge in [0, 0.05) is 37.4 Å². The fourth-order valence-corrected chi connectivity index (χ4v) is 3.94. The SMILES string of the molecule is CN(C)S(=O)(=O)c1ccc(C(=O)Nc2nnc(-c3cccc([N+](=O)[O-])c3)s2)cc1. The number of nitrogens with one attached hydrogen (secondary N) is 1. The van der Waals surface area contributed by atoms with E-state index in [1.165, 1.54) is 56.6 Å². The maximum absolute atomic E-state index is 12.4. The summed E-state index contributed by atoms with van der Waals surface area (Å²) in [5, 5.41) is 21.9. The smallest absolute Gasteiger partial charge is 0.270 e. The van der Waals surface area contributed by atoms with Crippen molar-refractivity contribution in [3.05, 3.63) is 64.2 Å². The minimum absolute atomic E-state index is 0.0722. The average Bonchev–Trinajstić information content (AvgIpc) is 3.16. The lowest BCUT2D eigenvalue weighted by molar-refractivity contribution is -0.384. The van der Waals surface area contributed by atoms with Gasteiger partial charge in [0.2, 0.25) is 15.2 Å². The molecule has 0 radical (unpaired) electrons. The lowest BCUT2D eigenvalue weighted by Crippen LogP contribution is -2.22. The van der Waals surface area contributed by atoms with Gasteiger partial charge in [-0.15, -0.1) is 10.2 Å². The third-order valence-electron chi connectivity index (χ3n) is 3.84. The fraction of sp³-hybridized carbons (Fsp3) is 0.118. The number of benzene rings is 2. The predicted octanol–water partition coefficient (Wildman–Crippen LogP) is 2.62. The first kappa shape index (κ1) is 20.5. The zero-order chi connectivity index (χ0) is 21.2. The molecule has 0 aliphatic rings. The Bertz CT molecular complexity index is 1170. The average molecular weight is 433 g/mol. The topological polar surface area (TPSA) is 135 Å². The number of nitrogens with zero attached hydrogens (tertiary/aromatic N) is 4. The van der Waals surface area contributed by atoms with Crippen LogP contribution in [0, 0.1) is 10.1 Å². The first-order chi connectivity index (χ1) is 13.7. The van der Waals surface area contributed by atoms with Crippen LogP contribution < -0.4 is 5.32 Å². The Morgan fingerprint density at radius 1 is 1.14 bits per heavy atom. The minimum atomic E-state index is -3.58. The quantitative estimate of drug-likeness (QED) is 0.466. The van der Waals surface area contributed by atoms with Crippen LogP contribution >= 0.6 is 11.3 Å². The number of hydrogen-bond donors (Lipinski definition) is 1. The van der Waals surface area contributed by atoms with E-state index in [2.05, 4.69) is 15.5 Å². The summed E-state index contributed by atoms with van der Waals surface area (Å²) >= 11 is 1.06. The maximum Gasteiger partial charge on any atom is 0.270 e. The van der Waals surface area contributed by atoms with Gasteiger partial charge in [0.05, 0.1) is 9.82 Å². The van der Waals surface area contributed by atoms with Gasteiger partial charge < -0.3 is 0 Å². The van der Waals surface area contributed by atoms with Crippen LogP contribution in [-0.2, 0) is 10.0 Å². The molecule has 0 unspecified atom stereocenters. The van der Waals surface area contributed by atoms with E-state index in [1.807, 2.05) is 0 Å². The van der Waals surface area contributed by atoms with Crippen molar-refractivity contribution in [2.45, 2.75) is 4.90 Å². The van der Waals surface area contributed by atoms with Crippen LogP contribution in [0.1, 0.15) is 10.4 Å². The molecule has 0 aliphatic carbocycles. The van der Waals surface area contributed by atoms with E-state index < -0.39 is 20.9 Å². The van der Waals surface area contributed by atoms with Gasteiger partial charge in [-0.3, -0.25) is 20.2 Å². The van der Waals surface area contributed by atoms with Crippen LogP contribution in [0.2, 0.25) is 0 Å². The van der Waals surface area contributed by atoms with E-state index in [1.54, 1.807) is 6.07 Å². The number of non-ortho nitro benzene ring substituents is 1. The van der Waals surface area contributed by atoms with Crippen molar-refractivity contribution in [1.29, 1.82) is 0 Å². The third-order valence-corrected chi connectivity index (χ3v) is 6.56. The molecule has 0 saturated heterocycles. The largest absolute Gasteiger partial charge is 0.296 e. The molecular formula is C17H15N5O5S2. The van der Waals surface area contributed by atoms with E-state index in [-0.39, 0.29) is 21.3 Å². The molecule has 0 spiro atoms. The van der Waals surface area contributed by atoms with Crippen molar-refractivity contribution in [2.75, 3.05) is 19.4 Å². The van der Waals surface area contributed by atoms with Crippen molar-refractivity contribution < 1.29 is 18.1 Å². The molecule has 12 heteroatoms. The Hall–Kier alpha value is -3.22. The van der Waals surface area contributed by atoms with Gasteiger partial charge in [-0.2, -0.15) is 0 Å². The second-order valence-corrected chi connectivity index (χ2v) is 9.12. The Balaban J connectivity index is 1.75. The molecule has 0 aliphatic heterocycles. The lowest BCUT2D eigenvalue weighted by Gasteiger charge is -2.11. The van der Waals surface area contributed by atoms with Crippen LogP contribution in [0.15, 0.2) is 53.4 Å². The molecule has 150 valence electrons. The summed E-state index contributed by atoms with van der Waals surface area (Å²) in [6.07, 6.45) is 0. The van der Waals surface area contributed by atoms with Crippen molar-refractivity contribution in [3.8, 4) is 10.6 Å². The van der Waals surface area contributed by atoms with Crippen LogP contribution in [0.3, 0.4) is 0 Å². The number of anilines is 1. The zero-order valence-electron chi connectivity index (χ0n) is 15.3. The van der Waals surface area contributed by atoms with Gasteiger partial charge in [-0.1, -0.05) is 23.5 Å². The van der Waals surface area contributed by atoms with Crippen molar-refractivity contribution in [3.63, 3.8) is 0 Å². The molecule has 0 saturated carbocycles. The Labute approximate surface area is 170 Å². The number of sulfonamides is 1. The second kappa shape index (κ2) is 8.03. The maximum atomic E-state index is 12.4. The van der Waals surface area contributed by atoms with Crippen LogP contribution in [0.25, 0.3) is 10.6 Å². The molecule has 10 nitrogen and oxygen atoms in total. The van der Waals surface area contributed by atoms with Gasteiger partial charge in [-0.25, -0.2) is 12.7 Å². The second-order valence-electron chi connectivity index (χ2n) is 5.99. The van der Waals surface area contributed by atoms with Crippen LogP contribution in [-0.4, -0.2) is 47.8 Å². The van der Waals surface area contributed by atoms with E-state index in [4.69, 9.17) is 0 Å². The molecule has 3 rings (SSSR count). The van der Waals surface area contributed by atoms with Gasteiger partial charge in [0.15, 0.2) is 0 Å². The minimum Gasteiger partial charge on any atom is -0.296 e. The number of carbonyl (C=O) groups excluding carboxylic acids is 1. The first-order valence-electron chi connectivity index (χ1n) is 8.11. The molecular weight excluding hydrogens is 418 g/mol. The van der Waals surface area contributed by atoms with Crippen molar-refractivity contribution >= 4 is 38.1 Å². The molecule has 3 aromatic rings. The highest BCUT2D eigenvalue weighted by atomic mass is 32.2. The Morgan fingerprint density at radius 2 is 1.83 bits per heavy atom. The van der Waals surface area contributed by atoms with Gasteiger partial charge in [-0.05, 0) is 24.3 Å². The van der Waals surface area contributed by atoms with Crippen molar-refractivity contribution in [1.82, 2.24) is 14.5 Å². The number of carbonyl (C=O) groups is 1. The normalized spacial score (nSPS) is 11.4. The highest BCUT2D eigenvalue weighted by molar-refractivity contribution is 7.89. The first-order valence-corrected chi connectivity index (χ1v) is 10.4. The molecule has 0 bridgehead atoms. The molecule has 29 heavy (non-hydrogen) atoms. The Morgan fingerprint density at radius 3 is 2.45 bits per heavy atom. The molecule has 0 atom stereocenters. The van der Waals surface area contributed by atoms with E-state index in [0.717, 1.165) is 15.6 Å². The number of hydrogen-bond acceptors (Lipinski definition) is 8. The zero-order valence-corrected chi connectivity index (χ0v) is 16.9. The summed E-state index contributed by atoms with van der Waals surface area (Å²) in [4.78, 5) is 22.8. The van der Waals surface area contributed by atoms with E-state index in [0.29, 0.717) is 10.6 Å². The highest BCUT2D eigenvalue weighted by Gasteiger charge is 2.18.